The van der Waals surface area contributed by atoms with Crippen molar-refractivity contribution in [3.8, 4) is 10.6 Å². The second-order valence-electron chi connectivity index (χ2n) is 3.03. The predicted octanol–water partition coefficient (Wildman–Crippen LogP) is 2.93. The first-order valence-electron chi connectivity index (χ1n) is 4.27. The van der Waals surface area contributed by atoms with Crippen molar-refractivity contribution in [1.29, 1.82) is 0 Å². The topological polar surface area (TPSA) is 30.0 Å². The monoisotopic (exact) mass is 203 g/mol. The van der Waals surface area contributed by atoms with Gasteiger partial charge >= 0.3 is 0 Å². The van der Waals surface area contributed by atoms with Crippen LogP contribution < -0.4 is 0 Å². The molecule has 0 unspecified atom stereocenters. The molecule has 1 heterocycles. The number of nitrogens with zero attached hydrogens (tertiary/aromatic N) is 1. The van der Waals surface area contributed by atoms with Crippen LogP contribution in [0, 0.1) is 6.92 Å². The number of rotatable bonds is 2. The number of hydrogen-bond donors (Lipinski definition) is 0. The molecule has 0 atom stereocenters. The number of aryl methyl sites for hydroxylation is 1. The first-order valence-corrected chi connectivity index (χ1v) is 5.15. The summed E-state index contributed by atoms with van der Waals surface area (Å²) < 4.78 is 0. The molecule has 70 valence electrons. The highest BCUT2D eigenvalue weighted by Gasteiger charge is 2.02. The van der Waals surface area contributed by atoms with E-state index in [1.165, 1.54) is 0 Å². The molecule has 0 aliphatic carbocycles. The van der Waals surface area contributed by atoms with Crippen LogP contribution in [0.25, 0.3) is 10.6 Å². The number of aromatic nitrogens is 1. The Morgan fingerprint density at radius 1 is 1.43 bits per heavy atom. The standard InChI is InChI=1S/C11H9NOS/c1-8-6-9(2-3-10(8)7-13)11-12-4-5-14-11/h2-7H,1H3. The van der Waals surface area contributed by atoms with E-state index in [2.05, 4.69) is 4.98 Å². The van der Waals surface area contributed by atoms with E-state index in [-0.39, 0.29) is 0 Å². The largest absolute Gasteiger partial charge is 0.298 e. The normalized spacial score (nSPS) is 10.1. The summed E-state index contributed by atoms with van der Waals surface area (Å²) in [6.45, 7) is 1.93. The highest BCUT2D eigenvalue weighted by Crippen LogP contribution is 2.23. The van der Waals surface area contributed by atoms with Gasteiger partial charge in [0.25, 0.3) is 0 Å². The molecule has 0 N–H and O–H groups in total. The lowest BCUT2D eigenvalue weighted by molar-refractivity contribution is 0.112. The van der Waals surface area contributed by atoms with E-state index in [1.54, 1.807) is 17.5 Å². The molecule has 14 heavy (non-hydrogen) atoms. The van der Waals surface area contributed by atoms with Crippen molar-refractivity contribution in [3.05, 3.63) is 40.9 Å². The Morgan fingerprint density at radius 3 is 2.86 bits per heavy atom. The smallest absolute Gasteiger partial charge is 0.150 e. The molecule has 1 aromatic heterocycles. The number of carbonyl (C=O) groups is 1. The molecule has 0 bridgehead atoms. The molecule has 0 radical (unpaired) electrons. The maximum atomic E-state index is 10.6. The highest BCUT2D eigenvalue weighted by atomic mass is 32.1. The van der Waals surface area contributed by atoms with Crippen LogP contribution in [0.3, 0.4) is 0 Å². The van der Waals surface area contributed by atoms with Gasteiger partial charge in [-0.3, -0.25) is 4.79 Å². The molecule has 2 nitrogen and oxygen atoms in total. The van der Waals surface area contributed by atoms with Crippen LogP contribution in [0.15, 0.2) is 29.8 Å². The van der Waals surface area contributed by atoms with Gasteiger partial charge < -0.3 is 0 Å². The van der Waals surface area contributed by atoms with E-state index >= 15 is 0 Å². The van der Waals surface area contributed by atoms with E-state index in [0.717, 1.165) is 28.0 Å². The Hall–Kier alpha value is -1.48. The Labute approximate surface area is 86.2 Å². The zero-order valence-corrected chi connectivity index (χ0v) is 8.54. The van der Waals surface area contributed by atoms with Crippen LogP contribution in [0.2, 0.25) is 0 Å². The van der Waals surface area contributed by atoms with Gasteiger partial charge in [0.15, 0.2) is 0 Å². The SMILES string of the molecule is Cc1cc(-c2nccs2)ccc1C=O. The second-order valence-corrected chi connectivity index (χ2v) is 3.92. The van der Waals surface area contributed by atoms with Crippen LogP contribution in [-0.4, -0.2) is 11.3 Å². The summed E-state index contributed by atoms with van der Waals surface area (Å²) in [6.07, 6.45) is 2.66. The molecule has 0 fully saturated rings. The van der Waals surface area contributed by atoms with E-state index in [0.29, 0.717) is 0 Å². The number of carbonyl (C=O) groups excluding carboxylic acids is 1. The van der Waals surface area contributed by atoms with E-state index in [4.69, 9.17) is 0 Å². The van der Waals surface area contributed by atoms with Gasteiger partial charge in [-0.15, -0.1) is 11.3 Å². The van der Waals surface area contributed by atoms with Crippen molar-refractivity contribution >= 4 is 17.6 Å². The second kappa shape index (κ2) is 3.72. The summed E-state index contributed by atoms with van der Waals surface area (Å²) >= 11 is 1.60. The van der Waals surface area contributed by atoms with Crippen molar-refractivity contribution in [2.45, 2.75) is 6.92 Å². The minimum atomic E-state index is 0.741. The maximum absolute atomic E-state index is 10.6. The molecule has 2 rings (SSSR count). The molecular formula is C11H9NOS. The van der Waals surface area contributed by atoms with Gasteiger partial charge in [0.1, 0.15) is 11.3 Å². The van der Waals surface area contributed by atoms with Gasteiger partial charge in [-0.25, -0.2) is 4.98 Å². The molecule has 0 aliphatic heterocycles. The first kappa shape index (κ1) is 9.09. The molecule has 0 amide bonds. The Kier molecular flexibility index (Phi) is 2.41. The molecule has 0 spiro atoms. The number of benzene rings is 1. The quantitative estimate of drug-likeness (QED) is 0.702. The van der Waals surface area contributed by atoms with Crippen LogP contribution in [-0.2, 0) is 0 Å². The number of hydrogen-bond acceptors (Lipinski definition) is 3. The summed E-state index contributed by atoms with van der Waals surface area (Å²) in [6, 6.07) is 5.75. The number of thiazole rings is 1. The average molecular weight is 203 g/mol. The minimum absolute atomic E-state index is 0.741. The lowest BCUT2D eigenvalue weighted by Gasteiger charge is -2.00. The van der Waals surface area contributed by atoms with Crippen molar-refractivity contribution in [2.24, 2.45) is 0 Å². The fraction of sp³-hybridized carbons (Fsp3) is 0.0909. The van der Waals surface area contributed by atoms with Gasteiger partial charge in [-0.05, 0) is 18.6 Å². The summed E-state index contributed by atoms with van der Waals surface area (Å²) in [7, 11) is 0. The molecule has 3 heteroatoms. The lowest BCUT2D eigenvalue weighted by Crippen LogP contribution is -1.86. The van der Waals surface area contributed by atoms with E-state index in [9.17, 15) is 4.79 Å². The summed E-state index contributed by atoms with van der Waals surface area (Å²) in [5.74, 6) is 0. The maximum Gasteiger partial charge on any atom is 0.150 e. The van der Waals surface area contributed by atoms with E-state index < -0.39 is 0 Å². The number of aldehydes is 1. The minimum Gasteiger partial charge on any atom is -0.298 e. The third kappa shape index (κ3) is 1.59. The van der Waals surface area contributed by atoms with Crippen molar-refractivity contribution in [2.75, 3.05) is 0 Å². The van der Waals surface area contributed by atoms with Gasteiger partial charge in [0.05, 0.1) is 0 Å². The van der Waals surface area contributed by atoms with Gasteiger partial charge in [-0.2, -0.15) is 0 Å². The molecule has 0 saturated carbocycles. The molecule has 0 aliphatic rings. The van der Waals surface area contributed by atoms with Gasteiger partial charge in [-0.1, -0.05) is 12.1 Å². The van der Waals surface area contributed by atoms with Gasteiger partial charge in [0, 0.05) is 22.7 Å². The van der Waals surface area contributed by atoms with Crippen LogP contribution in [0.4, 0.5) is 0 Å². The van der Waals surface area contributed by atoms with Gasteiger partial charge in [0.2, 0.25) is 0 Å². The molecule has 0 saturated heterocycles. The zero-order valence-electron chi connectivity index (χ0n) is 7.73. The average Bonchev–Trinajstić information content (AvgIpc) is 2.70. The molecular weight excluding hydrogens is 194 g/mol. The summed E-state index contributed by atoms with van der Waals surface area (Å²) in [4.78, 5) is 14.8. The van der Waals surface area contributed by atoms with E-state index in [1.807, 2.05) is 30.5 Å². The summed E-state index contributed by atoms with van der Waals surface area (Å²) in [5, 5.41) is 2.93. The highest BCUT2D eigenvalue weighted by molar-refractivity contribution is 7.13. The fourth-order valence-corrected chi connectivity index (χ4v) is 1.94. The molecule has 2 aromatic rings. The summed E-state index contributed by atoms with van der Waals surface area (Å²) in [5.41, 5.74) is 2.81. The third-order valence-corrected chi connectivity index (χ3v) is 2.90. The Bertz CT molecular complexity index is 448. The predicted molar refractivity (Wildman–Crippen MR) is 57.7 cm³/mol. The van der Waals surface area contributed by atoms with Crippen LogP contribution >= 0.6 is 11.3 Å². The zero-order chi connectivity index (χ0) is 9.97. The molecule has 1 aromatic carbocycles. The fourth-order valence-electron chi connectivity index (χ4n) is 1.31. The Balaban J connectivity index is 2.48. The van der Waals surface area contributed by atoms with Crippen molar-refractivity contribution in [1.82, 2.24) is 4.98 Å². The van der Waals surface area contributed by atoms with Crippen molar-refractivity contribution in [3.63, 3.8) is 0 Å². The first-order chi connectivity index (χ1) is 6.81. The lowest BCUT2D eigenvalue weighted by atomic mass is 10.1. The van der Waals surface area contributed by atoms with Crippen LogP contribution in [0.5, 0.6) is 0 Å². The van der Waals surface area contributed by atoms with Crippen LogP contribution in [0.1, 0.15) is 15.9 Å². The van der Waals surface area contributed by atoms with Crippen molar-refractivity contribution < 1.29 is 4.79 Å². The third-order valence-electron chi connectivity index (χ3n) is 2.08. The Morgan fingerprint density at radius 2 is 2.29 bits per heavy atom.